The summed E-state index contributed by atoms with van der Waals surface area (Å²) >= 11 is 0. The van der Waals surface area contributed by atoms with Gasteiger partial charge >= 0.3 is 0 Å². The second-order valence-corrected chi connectivity index (χ2v) is 3.14. The van der Waals surface area contributed by atoms with Gasteiger partial charge in [-0.1, -0.05) is 13.3 Å². The van der Waals surface area contributed by atoms with E-state index in [1.54, 1.807) is 0 Å². The van der Waals surface area contributed by atoms with Crippen molar-refractivity contribution in [3.63, 3.8) is 0 Å². The molecule has 0 saturated carbocycles. The summed E-state index contributed by atoms with van der Waals surface area (Å²) in [6.07, 6.45) is 3.21. The molecule has 2 unspecified atom stereocenters. The fourth-order valence-electron chi connectivity index (χ4n) is 1.37. The molecular weight excluding hydrogens is 156 g/mol. The first-order valence-corrected chi connectivity index (χ1v) is 4.72. The molecule has 3 nitrogen and oxygen atoms in total. The van der Waals surface area contributed by atoms with Crippen LogP contribution in [0.1, 0.15) is 26.2 Å². The zero-order valence-corrected chi connectivity index (χ0v) is 7.66. The third kappa shape index (κ3) is 2.73. The monoisotopic (exact) mass is 174 g/mol. The summed E-state index contributed by atoms with van der Waals surface area (Å²) in [5.74, 6) is 0. The van der Waals surface area contributed by atoms with Gasteiger partial charge in [-0.2, -0.15) is 0 Å². The molecule has 1 aliphatic heterocycles. The molecular formula is C9H18O3. The summed E-state index contributed by atoms with van der Waals surface area (Å²) in [6.45, 7) is 3.73. The molecule has 72 valence electrons. The molecule has 2 atom stereocenters. The van der Waals surface area contributed by atoms with Crippen LogP contribution in [0.4, 0.5) is 0 Å². The Morgan fingerprint density at radius 1 is 1.58 bits per heavy atom. The molecule has 0 amide bonds. The molecule has 12 heavy (non-hydrogen) atoms. The number of aliphatic hydroxyl groups excluding tert-OH is 1. The highest BCUT2D eigenvalue weighted by molar-refractivity contribution is 4.75. The topological polar surface area (TPSA) is 38.7 Å². The van der Waals surface area contributed by atoms with Gasteiger partial charge in [-0.3, -0.25) is 0 Å². The van der Waals surface area contributed by atoms with E-state index in [9.17, 15) is 0 Å². The number of aliphatic hydroxyl groups is 1. The highest BCUT2D eigenvalue weighted by Gasteiger charge is 2.27. The Morgan fingerprint density at radius 3 is 3.08 bits per heavy atom. The predicted octanol–water partition coefficient (Wildman–Crippen LogP) is 0.953. The largest absolute Gasteiger partial charge is 0.394 e. The average molecular weight is 174 g/mol. The van der Waals surface area contributed by atoms with Crippen LogP contribution in [-0.4, -0.2) is 37.1 Å². The first-order valence-electron chi connectivity index (χ1n) is 4.72. The van der Waals surface area contributed by atoms with Crippen molar-refractivity contribution in [2.75, 3.05) is 19.8 Å². The van der Waals surface area contributed by atoms with E-state index >= 15 is 0 Å². The predicted molar refractivity (Wildman–Crippen MR) is 46.1 cm³/mol. The van der Waals surface area contributed by atoms with Gasteiger partial charge in [0.05, 0.1) is 12.7 Å². The number of hydrogen-bond acceptors (Lipinski definition) is 3. The Morgan fingerprint density at radius 2 is 2.42 bits per heavy atom. The molecule has 0 bridgehead atoms. The van der Waals surface area contributed by atoms with E-state index in [-0.39, 0.29) is 18.8 Å². The molecule has 0 aromatic rings. The Hall–Kier alpha value is -0.120. The van der Waals surface area contributed by atoms with Gasteiger partial charge in [0.2, 0.25) is 0 Å². The third-order valence-corrected chi connectivity index (χ3v) is 2.16. The van der Waals surface area contributed by atoms with Crippen LogP contribution in [0, 0.1) is 0 Å². The summed E-state index contributed by atoms with van der Waals surface area (Å²) < 4.78 is 10.8. The SMILES string of the molecule is CCCCOC1CCOC1CO. The molecule has 1 saturated heterocycles. The van der Waals surface area contributed by atoms with Crippen LogP contribution in [0.25, 0.3) is 0 Å². The standard InChI is InChI=1S/C9H18O3/c1-2-3-5-11-8-4-6-12-9(8)7-10/h8-10H,2-7H2,1H3. The minimum atomic E-state index is -0.0816. The van der Waals surface area contributed by atoms with Crippen LogP contribution >= 0.6 is 0 Å². The molecule has 1 N–H and O–H groups in total. The van der Waals surface area contributed by atoms with Crippen LogP contribution in [0.2, 0.25) is 0 Å². The van der Waals surface area contributed by atoms with E-state index in [0.29, 0.717) is 0 Å². The minimum Gasteiger partial charge on any atom is -0.394 e. The van der Waals surface area contributed by atoms with Gasteiger partial charge in [0.25, 0.3) is 0 Å². The van der Waals surface area contributed by atoms with Crippen LogP contribution in [0.15, 0.2) is 0 Å². The van der Waals surface area contributed by atoms with E-state index in [2.05, 4.69) is 6.92 Å². The minimum absolute atomic E-state index is 0.0802. The number of unbranched alkanes of at least 4 members (excludes halogenated alkanes) is 1. The van der Waals surface area contributed by atoms with Gasteiger partial charge in [-0.15, -0.1) is 0 Å². The van der Waals surface area contributed by atoms with Crippen molar-refractivity contribution in [1.29, 1.82) is 0 Å². The second kappa shape index (κ2) is 5.51. The smallest absolute Gasteiger partial charge is 0.107 e. The van der Waals surface area contributed by atoms with Gasteiger partial charge in [-0.25, -0.2) is 0 Å². The van der Waals surface area contributed by atoms with Crippen molar-refractivity contribution in [1.82, 2.24) is 0 Å². The lowest BCUT2D eigenvalue weighted by molar-refractivity contribution is -0.0336. The molecule has 3 heteroatoms. The van der Waals surface area contributed by atoms with Crippen LogP contribution in [0.3, 0.4) is 0 Å². The van der Waals surface area contributed by atoms with Crippen LogP contribution in [-0.2, 0) is 9.47 Å². The molecule has 0 aromatic carbocycles. The van der Waals surface area contributed by atoms with Gasteiger partial charge in [-0.05, 0) is 12.8 Å². The summed E-state index contributed by atoms with van der Waals surface area (Å²) in [5, 5.41) is 8.89. The zero-order valence-electron chi connectivity index (χ0n) is 7.66. The van der Waals surface area contributed by atoms with E-state index in [0.717, 1.165) is 32.5 Å². The molecule has 1 aliphatic rings. The Balaban J connectivity index is 2.12. The van der Waals surface area contributed by atoms with E-state index < -0.39 is 0 Å². The highest BCUT2D eigenvalue weighted by atomic mass is 16.6. The summed E-state index contributed by atoms with van der Waals surface area (Å²) in [7, 11) is 0. The number of hydrogen-bond donors (Lipinski definition) is 1. The Labute approximate surface area is 73.7 Å². The maximum atomic E-state index is 8.89. The number of rotatable bonds is 5. The van der Waals surface area contributed by atoms with Crippen molar-refractivity contribution in [2.24, 2.45) is 0 Å². The summed E-state index contributed by atoms with van der Waals surface area (Å²) in [6, 6.07) is 0. The molecule has 1 rings (SSSR count). The Kier molecular flexibility index (Phi) is 4.58. The normalized spacial score (nSPS) is 29.5. The first kappa shape index (κ1) is 9.96. The van der Waals surface area contributed by atoms with Crippen molar-refractivity contribution in [3.8, 4) is 0 Å². The molecule has 1 heterocycles. The van der Waals surface area contributed by atoms with Gasteiger partial charge < -0.3 is 14.6 Å². The van der Waals surface area contributed by atoms with Gasteiger partial charge in [0.15, 0.2) is 0 Å². The highest BCUT2D eigenvalue weighted by Crippen LogP contribution is 2.16. The molecule has 0 aromatic heterocycles. The van der Waals surface area contributed by atoms with E-state index in [1.807, 2.05) is 0 Å². The van der Waals surface area contributed by atoms with Gasteiger partial charge in [0, 0.05) is 13.2 Å². The fraction of sp³-hybridized carbons (Fsp3) is 1.00. The molecule has 0 aliphatic carbocycles. The lowest BCUT2D eigenvalue weighted by Crippen LogP contribution is -2.28. The van der Waals surface area contributed by atoms with Crippen molar-refractivity contribution in [2.45, 2.75) is 38.4 Å². The molecule has 1 fully saturated rings. The fourth-order valence-corrected chi connectivity index (χ4v) is 1.37. The summed E-state index contributed by atoms with van der Waals surface area (Å²) in [5.41, 5.74) is 0. The Bertz CT molecular complexity index is 116. The molecule has 0 radical (unpaired) electrons. The van der Waals surface area contributed by atoms with Gasteiger partial charge in [0.1, 0.15) is 6.10 Å². The van der Waals surface area contributed by atoms with E-state index in [1.165, 1.54) is 0 Å². The number of ether oxygens (including phenoxy) is 2. The second-order valence-electron chi connectivity index (χ2n) is 3.14. The zero-order chi connectivity index (χ0) is 8.81. The van der Waals surface area contributed by atoms with Crippen molar-refractivity contribution >= 4 is 0 Å². The lowest BCUT2D eigenvalue weighted by Gasteiger charge is -2.16. The first-order chi connectivity index (χ1) is 5.88. The van der Waals surface area contributed by atoms with E-state index in [4.69, 9.17) is 14.6 Å². The van der Waals surface area contributed by atoms with Crippen molar-refractivity contribution in [3.05, 3.63) is 0 Å². The summed E-state index contributed by atoms with van der Waals surface area (Å²) in [4.78, 5) is 0. The quantitative estimate of drug-likeness (QED) is 0.631. The van der Waals surface area contributed by atoms with Crippen LogP contribution in [0.5, 0.6) is 0 Å². The maximum absolute atomic E-state index is 8.89. The third-order valence-electron chi connectivity index (χ3n) is 2.16. The maximum Gasteiger partial charge on any atom is 0.107 e. The lowest BCUT2D eigenvalue weighted by atomic mass is 10.2. The molecule has 0 spiro atoms. The van der Waals surface area contributed by atoms with Crippen molar-refractivity contribution < 1.29 is 14.6 Å². The van der Waals surface area contributed by atoms with Crippen LogP contribution < -0.4 is 0 Å². The average Bonchev–Trinajstić information content (AvgIpc) is 2.52.